The van der Waals surface area contributed by atoms with E-state index >= 15 is 0 Å². The number of anilines is 1. The molecule has 0 spiro atoms. The zero-order valence-corrected chi connectivity index (χ0v) is 9.99. The van der Waals surface area contributed by atoms with Crippen LogP contribution in [-0.2, 0) is 9.53 Å². The van der Waals surface area contributed by atoms with Crippen LogP contribution in [0.3, 0.4) is 0 Å². The van der Waals surface area contributed by atoms with Gasteiger partial charge in [-0.25, -0.2) is 4.79 Å². The Labute approximate surface area is 104 Å². The van der Waals surface area contributed by atoms with E-state index in [0.717, 1.165) is 0 Å². The molecule has 7 heteroatoms. The van der Waals surface area contributed by atoms with Gasteiger partial charge < -0.3 is 15.2 Å². The van der Waals surface area contributed by atoms with Gasteiger partial charge in [0.1, 0.15) is 5.69 Å². The minimum absolute atomic E-state index is 0.152. The Morgan fingerprint density at radius 3 is 2.61 bits per heavy atom. The molecule has 0 amide bonds. The number of hydrogen-bond acceptors (Lipinski definition) is 6. The molecule has 0 aliphatic carbocycles. The topological polar surface area (TPSA) is 102 Å². The number of carbonyl (C=O) groups is 1. The van der Waals surface area contributed by atoms with Crippen molar-refractivity contribution < 1.29 is 19.6 Å². The highest BCUT2D eigenvalue weighted by Gasteiger charge is 2.26. The maximum absolute atomic E-state index is 11.4. The Morgan fingerprint density at radius 1 is 1.50 bits per heavy atom. The van der Waals surface area contributed by atoms with Crippen LogP contribution in [0.5, 0.6) is 0 Å². The van der Waals surface area contributed by atoms with Gasteiger partial charge in [0.2, 0.25) is 0 Å². The zero-order valence-electron chi connectivity index (χ0n) is 9.99. The standard InChI is InChI=1S/C11H14N2O5/c1-7(14)10(11(15)18-2)12-8-5-3-4-6-9(8)13(16)17/h3-7,10,12,14H,1-2H3/t7-,10+/m1/s1. The number of rotatable bonds is 5. The average Bonchev–Trinajstić information content (AvgIpc) is 2.34. The van der Waals surface area contributed by atoms with E-state index in [0.29, 0.717) is 0 Å². The summed E-state index contributed by atoms with van der Waals surface area (Å²) in [7, 11) is 1.18. The van der Waals surface area contributed by atoms with E-state index in [4.69, 9.17) is 0 Å². The third-order valence-corrected chi connectivity index (χ3v) is 2.35. The third kappa shape index (κ3) is 3.17. The molecule has 2 N–H and O–H groups in total. The Kier molecular flexibility index (Phi) is 4.61. The number of nitro groups is 1. The molecule has 7 nitrogen and oxygen atoms in total. The van der Waals surface area contributed by atoms with Gasteiger partial charge in [-0.05, 0) is 13.0 Å². The van der Waals surface area contributed by atoms with Crippen molar-refractivity contribution in [3.63, 3.8) is 0 Å². The summed E-state index contributed by atoms with van der Waals surface area (Å²) >= 11 is 0. The van der Waals surface area contributed by atoms with Crippen molar-refractivity contribution in [2.45, 2.75) is 19.1 Å². The van der Waals surface area contributed by atoms with Crippen LogP contribution < -0.4 is 5.32 Å². The number of nitrogens with zero attached hydrogens (tertiary/aromatic N) is 1. The summed E-state index contributed by atoms with van der Waals surface area (Å²) < 4.78 is 4.51. The summed E-state index contributed by atoms with van der Waals surface area (Å²) in [6.07, 6.45) is -1.04. The van der Waals surface area contributed by atoms with Crippen LogP contribution in [0.15, 0.2) is 24.3 Å². The molecule has 1 aromatic carbocycles. The number of benzene rings is 1. The number of aliphatic hydroxyl groups excluding tert-OH is 1. The summed E-state index contributed by atoms with van der Waals surface area (Å²) in [5, 5.41) is 22.9. The van der Waals surface area contributed by atoms with Gasteiger partial charge in [0.25, 0.3) is 5.69 Å². The average molecular weight is 254 g/mol. The summed E-state index contributed by atoms with van der Waals surface area (Å²) in [6, 6.07) is 4.80. The van der Waals surface area contributed by atoms with Crippen LogP contribution >= 0.6 is 0 Å². The van der Waals surface area contributed by atoms with Crippen LogP contribution in [0, 0.1) is 10.1 Å². The van der Waals surface area contributed by atoms with Crippen molar-refractivity contribution in [1.82, 2.24) is 0 Å². The SMILES string of the molecule is COC(=O)[C@@H](Nc1ccccc1[N+](=O)[O-])[C@@H](C)O. The second-order valence-electron chi connectivity index (χ2n) is 3.66. The molecule has 0 aliphatic heterocycles. The quantitative estimate of drug-likeness (QED) is 0.460. The number of esters is 1. The maximum Gasteiger partial charge on any atom is 0.330 e. The summed E-state index contributed by atoms with van der Waals surface area (Å²) in [6.45, 7) is 1.39. The summed E-state index contributed by atoms with van der Waals surface area (Å²) in [4.78, 5) is 21.7. The number of para-hydroxylation sites is 2. The van der Waals surface area contributed by atoms with E-state index in [2.05, 4.69) is 10.1 Å². The fourth-order valence-corrected chi connectivity index (χ4v) is 1.43. The van der Waals surface area contributed by atoms with E-state index < -0.39 is 23.0 Å². The lowest BCUT2D eigenvalue weighted by Crippen LogP contribution is -2.40. The fourth-order valence-electron chi connectivity index (χ4n) is 1.43. The van der Waals surface area contributed by atoms with Gasteiger partial charge in [0, 0.05) is 6.07 Å². The Balaban J connectivity index is 3.01. The van der Waals surface area contributed by atoms with Crippen LogP contribution in [0.2, 0.25) is 0 Å². The van der Waals surface area contributed by atoms with Crippen LogP contribution in [0.1, 0.15) is 6.92 Å². The molecule has 0 saturated carbocycles. The van der Waals surface area contributed by atoms with Crippen molar-refractivity contribution in [3.8, 4) is 0 Å². The van der Waals surface area contributed by atoms with E-state index in [1.165, 1.54) is 32.2 Å². The zero-order chi connectivity index (χ0) is 13.7. The van der Waals surface area contributed by atoms with E-state index in [1.807, 2.05) is 0 Å². The van der Waals surface area contributed by atoms with E-state index in [-0.39, 0.29) is 11.4 Å². The highest BCUT2D eigenvalue weighted by molar-refractivity contribution is 5.81. The molecule has 1 aromatic rings. The highest BCUT2D eigenvalue weighted by Crippen LogP contribution is 2.24. The molecule has 0 saturated heterocycles. The van der Waals surface area contributed by atoms with Gasteiger partial charge in [-0.15, -0.1) is 0 Å². The molecule has 0 aromatic heterocycles. The predicted octanol–water partition coefficient (Wildman–Crippen LogP) is 0.929. The number of aliphatic hydroxyl groups is 1. The Bertz CT molecular complexity index is 447. The maximum atomic E-state index is 11.4. The molecule has 2 atom stereocenters. The van der Waals surface area contributed by atoms with Crippen LogP contribution in [0.25, 0.3) is 0 Å². The van der Waals surface area contributed by atoms with Crippen molar-refractivity contribution >= 4 is 17.3 Å². The highest BCUT2D eigenvalue weighted by atomic mass is 16.6. The Morgan fingerprint density at radius 2 is 2.11 bits per heavy atom. The first-order valence-electron chi connectivity index (χ1n) is 5.23. The lowest BCUT2D eigenvalue weighted by atomic mass is 10.1. The normalized spacial score (nSPS) is 13.5. The van der Waals surface area contributed by atoms with E-state index in [1.54, 1.807) is 6.07 Å². The molecule has 0 unspecified atom stereocenters. The van der Waals surface area contributed by atoms with Crippen molar-refractivity contribution in [2.24, 2.45) is 0 Å². The van der Waals surface area contributed by atoms with Gasteiger partial charge in [-0.2, -0.15) is 0 Å². The van der Waals surface area contributed by atoms with Crippen LogP contribution in [0.4, 0.5) is 11.4 Å². The molecule has 0 heterocycles. The fraction of sp³-hybridized carbons (Fsp3) is 0.364. The first-order chi connectivity index (χ1) is 8.47. The van der Waals surface area contributed by atoms with Crippen molar-refractivity contribution in [2.75, 3.05) is 12.4 Å². The first-order valence-corrected chi connectivity index (χ1v) is 5.23. The second-order valence-corrected chi connectivity index (χ2v) is 3.66. The lowest BCUT2D eigenvalue weighted by molar-refractivity contribution is -0.384. The molecule has 98 valence electrons. The van der Waals surface area contributed by atoms with Gasteiger partial charge in [0.05, 0.1) is 18.1 Å². The minimum Gasteiger partial charge on any atom is -0.467 e. The van der Waals surface area contributed by atoms with Crippen molar-refractivity contribution in [3.05, 3.63) is 34.4 Å². The van der Waals surface area contributed by atoms with Crippen molar-refractivity contribution in [1.29, 1.82) is 0 Å². The lowest BCUT2D eigenvalue weighted by Gasteiger charge is -2.19. The summed E-state index contributed by atoms with van der Waals surface area (Å²) in [5.74, 6) is -0.692. The van der Waals surface area contributed by atoms with Gasteiger partial charge in [-0.1, -0.05) is 12.1 Å². The van der Waals surface area contributed by atoms with E-state index in [9.17, 15) is 20.0 Å². The first kappa shape index (κ1) is 13.9. The predicted molar refractivity (Wildman–Crippen MR) is 64.2 cm³/mol. The molecular weight excluding hydrogens is 240 g/mol. The van der Waals surface area contributed by atoms with Gasteiger partial charge in [0.15, 0.2) is 6.04 Å². The molecule has 0 fully saturated rings. The number of nitrogens with one attached hydrogen (secondary N) is 1. The molecule has 0 aliphatic rings. The number of nitro benzene ring substituents is 1. The number of methoxy groups -OCH3 is 1. The molecule has 18 heavy (non-hydrogen) atoms. The minimum atomic E-state index is -1.06. The second kappa shape index (κ2) is 5.97. The molecular formula is C11H14N2O5. The largest absolute Gasteiger partial charge is 0.467 e. The number of hydrogen-bond donors (Lipinski definition) is 2. The van der Waals surface area contributed by atoms with Gasteiger partial charge in [-0.3, -0.25) is 10.1 Å². The van der Waals surface area contributed by atoms with Gasteiger partial charge >= 0.3 is 5.97 Å². The smallest absolute Gasteiger partial charge is 0.330 e. The molecule has 0 radical (unpaired) electrons. The third-order valence-electron chi connectivity index (χ3n) is 2.35. The molecule has 1 rings (SSSR count). The van der Waals surface area contributed by atoms with Crippen LogP contribution in [-0.4, -0.2) is 35.3 Å². The Hall–Kier alpha value is -2.15. The molecule has 0 bridgehead atoms. The summed E-state index contributed by atoms with van der Waals surface area (Å²) in [5.41, 5.74) is -0.0224. The number of carbonyl (C=O) groups excluding carboxylic acids is 1. The number of ether oxygens (including phenoxy) is 1. The monoisotopic (exact) mass is 254 g/mol.